The molecule has 98 valence electrons. The van der Waals surface area contributed by atoms with Gasteiger partial charge in [-0.3, -0.25) is 4.79 Å². The van der Waals surface area contributed by atoms with Crippen LogP contribution >= 0.6 is 0 Å². The van der Waals surface area contributed by atoms with Gasteiger partial charge in [-0.1, -0.05) is 36.8 Å². The van der Waals surface area contributed by atoms with Gasteiger partial charge in [0.25, 0.3) is 0 Å². The van der Waals surface area contributed by atoms with Crippen molar-refractivity contribution in [2.24, 2.45) is 5.92 Å². The van der Waals surface area contributed by atoms with Crippen LogP contribution in [-0.2, 0) is 4.79 Å². The fourth-order valence-corrected chi connectivity index (χ4v) is 2.29. The summed E-state index contributed by atoms with van der Waals surface area (Å²) in [7, 11) is 4.10. The second-order valence-electron chi connectivity index (χ2n) is 5.26. The number of hydrogen-bond donors (Lipinski definition) is 1. The number of carbonyl (C=O) groups is 1. The van der Waals surface area contributed by atoms with Crippen LogP contribution in [0.2, 0.25) is 0 Å². The first-order valence-corrected chi connectivity index (χ1v) is 6.67. The molecule has 1 fully saturated rings. The first kappa shape index (κ1) is 13.1. The predicted octanol–water partition coefficient (Wildman–Crippen LogP) is 2.21. The Morgan fingerprint density at radius 1 is 1.33 bits per heavy atom. The quantitative estimate of drug-likeness (QED) is 0.864. The molecule has 3 heteroatoms. The number of hydrogen-bond acceptors (Lipinski definition) is 2. The zero-order chi connectivity index (χ0) is 13.0. The summed E-state index contributed by atoms with van der Waals surface area (Å²) in [5, 5.41) is 3.08. The molecule has 0 heterocycles. The van der Waals surface area contributed by atoms with E-state index in [0.29, 0.717) is 6.54 Å². The minimum atomic E-state index is 0.226. The van der Waals surface area contributed by atoms with Crippen molar-refractivity contribution in [1.29, 1.82) is 0 Å². The average Bonchev–Trinajstić information content (AvgIpc) is 2.28. The van der Waals surface area contributed by atoms with Crippen molar-refractivity contribution in [3.63, 3.8) is 0 Å². The molecule has 0 bridgehead atoms. The van der Waals surface area contributed by atoms with Crippen molar-refractivity contribution in [1.82, 2.24) is 10.2 Å². The summed E-state index contributed by atoms with van der Waals surface area (Å²) in [5.41, 5.74) is 1.25. The van der Waals surface area contributed by atoms with Gasteiger partial charge in [0, 0.05) is 12.5 Å². The molecular weight excluding hydrogens is 224 g/mol. The third kappa shape index (κ3) is 3.10. The van der Waals surface area contributed by atoms with E-state index in [0.717, 1.165) is 12.8 Å². The van der Waals surface area contributed by atoms with Gasteiger partial charge >= 0.3 is 0 Å². The van der Waals surface area contributed by atoms with Gasteiger partial charge in [0.1, 0.15) is 0 Å². The Balaban J connectivity index is 1.92. The lowest BCUT2D eigenvalue weighted by molar-refractivity contribution is -0.127. The lowest BCUT2D eigenvalue weighted by Crippen LogP contribution is -2.39. The fraction of sp³-hybridized carbons (Fsp3) is 0.533. The minimum absolute atomic E-state index is 0.226. The highest BCUT2D eigenvalue weighted by atomic mass is 16.1. The van der Waals surface area contributed by atoms with E-state index >= 15 is 0 Å². The maximum absolute atomic E-state index is 11.9. The highest BCUT2D eigenvalue weighted by Gasteiger charge is 2.25. The van der Waals surface area contributed by atoms with E-state index in [9.17, 15) is 4.79 Å². The monoisotopic (exact) mass is 246 g/mol. The molecule has 1 aromatic rings. The van der Waals surface area contributed by atoms with E-state index in [-0.39, 0.29) is 17.9 Å². The van der Waals surface area contributed by atoms with Crippen LogP contribution in [0.3, 0.4) is 0 Å². The first-order valence-electron chi connectivity index (χ1n) is 6.67. The van der Waals surface area contributed by atoms with Crippen molar-refractivity contribution < 1.29 is 4.79 Å². The van der Waals surface area contributed by atoms with Crippen LogP contribution in [0.1, 0.15) is 30.9 Å². The summed E-state index contributed by atoms with van der Waals surface area (Å²) in [6.45, 7) is 0.687. The van der Waals surface area contributed by atoms with E-state index in [1.165, 1.54) is 12.0 Å². The zero-order valence-electron chi connectivity index (χ0n) is 11.2. The van der Waals surface area contributed by atoms with Gasteiger partial charge in [-0.25, -0.2) is 0 Å². The number of nitrogens with zero attached hydrogens (tertiary/aromatic N) is 1. The van der Waals surface area contributed by atoms with Gasteiger partial charge in [0.15, 0.2) is 0 Å². The summed E-state index contributed by atoms with van der Waals surface area (Å²) < 4.78 is 0. The summed E-state index contributed by atoms with van der Waals surface area (Å²) >= 11 is 0. The SMILES string of the molecule is CN(C)C(CNC(=O)C1CCC1)c1ccccc1. The van der Waals surface area contributed by atoms with Crippen LogP contribution in [0, 0.1) is 5.92 Å². The number of likely N-dealkylation sites (N-methyl/N-ethyl adjacent to an activating group) is 1. The Bertz CT molecular complexity index is 385. The van der Waals surface area contributed by atoms with Crippen molar-refractivity contribution in [3.05, 3.63) is 35.9 Å². The second kappa shape index (κ2) is 6.01. The van der Waals surface area contributed by atoms with Crippen LogP contribution < -0.4 is 5.32 Å². The molecule has 2 rings (SSSR count). The summed E-state index contributed by atoms with van der Waals surface area (Å²) in [6.07, 6.45) is 3.32. The molecule has 1 aromatic carbocycles. The fourth-order valence-electron chi connectivity index (χ4n) is 2.29. The molecule has 1 saturated carbocycles. The molecule has 1 amide bonds. The number of amides is 1. The van der Waals surface area contributed by atoms with E-state index in [2.05, 4.69) is 22.3 Å². The van der Waals surface area contributed by atoms with Crippen molar-refractivity contribution in [2.45, 2.75) is 25.3 Å². The summed E-state index contributed by atoms with van der Waals surface area (Å²) in [6, 6.07) is 10.6. The number of rotatable bonds is 5. The maximum Gasteiger partial charge on any atom is 0.223 e. The largest absolute Gasteiger partial charge is 0.354 e. The van der Waals surface area contributed by atoms with E-state index < -0.39 is 0 Å². The van der Waals surface area contributed by atoms with Gasteiger partial charge in [-0.05, 0) is 32.5 Å². The van der Waals surface area contributed by atoms with Gasteiger partial charge in [0.2, 0.25) is 5.91 Å². The molecule has 1 N–H and O–H groups in total. The molecule has 1 aliphatic rings. The van der Waals surface area contributed by atoms with Crippen molar-refractivity contribution >= 4 is 5.91 Å². The van der Waals surface area contributed by atoms with Crippen LogP contribution in [0.5, 0.6) is 0 Å². The molecule has 1 unspecified atom stereocenters. The van der Waals surface area contributed by atoms with Crippen LogP contribution in [-0.4, -0.2) is 31.4 Å². The smallest absolute Gasteiger partial charge is 0.223 e. The molecule has 18 heavy (non-hydrogen) atoms. The second-order valence-corrected chi connectivity index (χ2v) is 5.26. The third-order valence-electron chi connectivity index (χ3n) is 3.75. The molecule has 1 aliphatic carbocycles. The summed E-state index contributed by atoms with van der Waals surface area (Å²) in [4.78, 5) is 14.0. The van der Waals surface area contributed by atoms with E-state index in [1.807, 2.05) is 32.3 Å². The molecule has 3 nitrogen and oxygen atoms in total. The zero-order valence-corrected chi connectivity index (χ0v) is 11.2. The Kier molecular flexibility index (Phi) is 4.37. The van der Waals surface area contributed by atoms with Crippen LogP contribution in [0.4, 0.5) is 0 Å². The van der Waals surface area contributed by atoms with E-state index in [1.54, 1.807) is 0 Å². The maximum atomic E-state index is 11.9. The molecular formula is C15H22N2O. The van der Waals surface area contributed by atoms with Crippen molar-refractivity contribution in [2.75, 3.05) is 20.6 Å². The molecule has 0 aromatic heterocycles. The lowest BCUT2D eigenvalue weighted by atomic mass is 9.85. The van der Waals surface area contributed by atoms with Gasteiger partial charge in [-0.2, -0.15) is 0 Å². The topological polar surface area (TPSA) is 32.3 Å². The average molecular weight is 246 g/mol. The highest BCUT2D eigenvalue weighted by Crippen LogP contribution is 2.26. The van der Waals surface area contributed by atoms with Crippen molar-refractivity contribution in [3.8, 4) is 0 Å². The van der Waals surface area contributed by atoms with E-state index in [4.69, 9.17) is 0 Å². The number of benzene rings is 1. The van der Waals surface area contributed by atoms with Crippen LogP contribution in [0.25, 0.3) is 0 Å². The lowest BCUT2D eigenvalue weighted by Gasteiger charge is -2.28. The molecule has 1 atom stereocenters. The Hall–Kier alpha value is -1.35. The Morgan fingerprint density at radius 3 is 2.50 bits per heavy atom. The summed E-state index contributed by atoms with van der Waals surface area (Å²) in [5.74, 6) is 0.493. The number of nitrogens with one attached hydrogen (secondary N) is 1. The van der Waals surface area contributed by atoms with Gasteiger partial charge < -0.3 is 10.2 Å². The molecule has 0 spiro atoms. The highest BCUT2D eigenvalue weighted by molar-refractivity contribution is 5.79. The minimum Gasteiger partial charge on any atom is -0.354 e. The Labute approximate surface area is 109 Å². The predicted molar refractivity (Wildman–Crippen MR) is 73.2 cm³/mol. The van der Waals surface area contributed by atoms with Gasteiger partial charge in [0.05, 0.1) is 6.04 Å². The first-order chi connectivity index (χ1) is 8.68. The standard InChI is InChI=1S/C15H22N2O/c1-17(2)14(12-7-4-3-5-8-12)11-16-15(18)13-9-6-10-13/h3-5,7-8,13-14H,6,9-11H2,1-2H3,(H,16,18). The normalized spacial score (nSPS) is 17.3. The third-order valence-corrected chi connectivity index (χ3v) is 3.75. The molecule has 0 aliphatic heterocycles. The van der Waals surface area contributed by atoms with Gasteiger partial charge in [-0.15, -0.1) is 0 Å². The molecule has 0 saturated heterocycles. The molecule has 0 radical (unpaired) electrons. The Morgan fingerprint density at radius 2 is 2.00 bits per heavy atom. The number of carbonyl (C=O) groups excluding carboxylic acids is 1. The van der Waals surface area contributed by atoms with Crippen LogP contribution in [0.15, 0.2) is 30.3 Å².